The molecule has 16 heavy (non-hydrogen) atoms. The van der Waals surface area contributed by atoms with E-state index >= 15 is 0 Å². The van der Waals surface area contributed by atoms with E-state index in [4.69, 9.17) is 0 Å². The Bertz CT molecular complexity index is 390. The molecule has 0 fully saturated rings. The first-order valence-corrected chi connectivity index (χ1v) is 6.19. The standard InChI is InChI=1S/C15H21N/c1-12(2)6-7-13-8-9-15-14(11-13)5-4-10-16(15)3/h6-9,11-12H,4-5,10H2,1-3H3/b7-6+. The highest BCUT2D eigenvalue weighted by molar-refractivity contribution is 5.61. The molecule has 86 valence electrons. The summed E-state index contributed by atoms with van der Waals surface area (Å²) in [5.74, 6) is 0.624. The van der Waals surface area contributed by atoms with Gasteiger partial charge in [-0.1, -0.05) is 32.1 Å². The first-order valence-electron chi connectivity index (χ1n) is 6.19. The Labute approximate surface area is 98.8 Å². The van der Waals surface area contributed by atoms with E-state index in [0.29, 0.717) is 5.92 Å². The zero-order valence-electron chi connectivity index (χ0n) is 10.5. The molecule has 0 spiro atoms. The van der Waals surface area contributed by atoms with Gasteiger partial charge < -0.3 is 4.90 Å². The molecule has 0 bridgehead atoms. The highest BCUT2D eigenvalue weighted by Crippen LogP contribution is 2.27. The summed E-state index contributed by atoms with van der Waals surface area (Å²) in [5, 5.41) is 0. The third-order valence-corrected chi connectivity index (χ3v) is 3.13. The average Bonchev–Trinajstić information content (AvgIpc) is 2.26. The SMILES string of the molecule is CC(C)/C=C/c1ccc2c(c1)CCCN2C. The molecule has 0 aliphatic carbocycles. The average molecular weight is 215 g/mol. The van der Waals surface area contributed by atoms with Crippen molar-refractivity contribution in [3.05, 3.63) is 35.4 Å². The van der Waals surface area contributed by atoms with Crippen molar-refractivity contribution in [3.63, 3.8) is 0 Å². The van der Waals surface area contributed by atoms with E-state index in [0.717, 1.165) is 0 Å². The van der Waals surface area contributed by atoms with Gasteiger partial charge in [0.05, 0.1) is 0 Å². The molecule has 0 atom stereocenters. The van der Waals surface area contributed by atoms with Crippen LogP contribution in [0.1, 0.15) is 31.4 Å². The number of anilines is 1. The van der Waals surface area contributed by atoms with Crippen molar-refractivity contribution < 1.29 is 0 Å². The number of aryl methyl sites for hydroxylation is 1. The smallest absolute Gasteiger partial charge is 0.0396 e. The highest BCUT2D eigenvalue weighted by atomic mass is 15.1. The first kappa shape index (κ1) is 11.3. The largest absolute Gasteiger partial charge is 0.374 e. The maximum absolute atomic E-state index is 2.36. The quantitative estimate of drug-likeness (QED) is 0.726. The van der Waals surface area contributed by atoms with Crippen LogP contribution in [0.5, 0.6) is 0 Å². The van der Waals surface area contributed by atoms with Gasteiger partial charge in [-0.3, -0.25) is 0 Å². The Kier molecular flexibility index (Phi) is 3.33. The van der Waals surface area contributed by atoms with Crippen LogP contribution in [0.4, 0.5) is 5.69 Å². The minimum atomic E-state index is 0.624. The fourth-order valence-electron chi connectivity index (χ4n) is 2.21. The number of rotatable bonds is 2. The van der Waals surface area contributed by atoms with Gasteiger partial charge >= 0.3 is 0 Å². The molecule has 0 N–H and O–H groups in total. The molecule has 0 saturated heterocycles. The molecule has 2 rings (SSSR count). The van der Waals surface area contributed by atoms with Crippen LogP contribution >= 0.6 is 0 Å². The summed E-state index contributed by atoms with van der Waals surface area (Å²) in [6.07, 6.45) is 7.00. The molecule has 0 aromatic heterocycles. The van der Waals surface area contributed by atoms with Crippen LogP contribution in [0, 0.1) is 5.92 Å². The Morgan fingerprint density at radius 3 is 2.88 bits per heavy atom. The lowest BCUT2D eigenvalue weighted by molar-refractivity contribution is 0.744. The summed E-state index contributed by atoms with van der Waals surface area (Å²) >= 11 is 0. The maximum Gasteiger partial charge on any atom is 0.0396 e. The third kappa shape index (κ3) is 2.46. The van der Waals surface area contributed by atoms with E-state index in [1.54, 1.807) is 0 Å². The summed E-state index contributed by atoms with van der Waals surface area (Å²) in [7, 11) is 2.18. The molecule has 1 heteroatoms. The fraction of sp³-hybridized carbons (Fsp3) is 0.467. The number of nitrogens with zero attached hydrogens (tertiary/aromatic N) is 1. The zero-order chi connectivity index (χ0) is 11.5. The number of benzene rings is 1. The second kappa shape index (κ2) is 4.73. The Morgan fingerprint density at radius 1 is 1.31 bits per heavy atom. The predicted molar refractivity (Wildman–Crippen MR) is 71.9 cm³/mol. The van der Waals surface area contributed by atoms with E-state index in [2.05, 4.69) is 56.1 Å². The van der Waals surface area contributed by atoms with Crippen LogP contribution in [0.25, 0.3) is 6.08 Å². The van der Waals surface area contributed by atoms with E-state index in [-0.39, 0.29) is 0 Å². The summed E-state index contributed by atoms with van der Waals surface area (Å²) in [4.78, 5) is 2.36. The number of fused-ring (bicyclic) bond motifs is 1. The second-order valence-electron chi connectivity index (χ2n) is 5.02. The summed E-state index contributed by atoms with van der Waals surface area (Å²) in [6, 6.07) is 6.82. The van der Waals surface area contributed by atoms with Crippen molar-refractivity contribution in [2.75, 3.05) is 18.5 Å². The minimum absolute atomic E-state index is 0.624. The van der Waals surface area contributed by atoms with E-state index < -0.39 is 0 Å². The minimum Gasteiger partial charge on any atom is -0.374 e. The lowest BCUT2D eigenvalue weighted by Gasteiger charge is -2.27. The van der Waals surface area contributed by atoms with E-state index in [9.17, 15) is 0 Å². The molecular formula is C15H21N. The van der Waals surface area contributed by atoms with Gasteiger partial charge in [0.2, 0.25) is 0 Å². The number of hydrogen-bond acceptors (Lipinski definition) is 1. The summed E-state index contributed by atoms with van der Waals surface area (Å²) in [5.41, 5.74) is 4.25. The van der Waals surface area contributed by atoms with Crippen molar-refractivity contribution >= 4 is 11.8 Å². The fourth-order valence-corrected chi connectivity index (χ4v) is 2.21. The lowest BCUT2D eigenvalue weighted by atomic mass is 9.99. The Hall–Kier alpha value is -1.24. The van der Waals surface area contributed by atoms with Crippen molar-refractivity contribution in [1.82, 2.24) is 0 Å². The molecule has 0 radical (unpaired) electrons. The van der Waals surface area contributed by atoms with Gasteiger partial charge in [0.1, 0.15) is 0 Å². The van der Waals surface area contributed by atoms with Crippen LogP contribution in [-0.4, -0.2) is 13.6 Å². The third-order valence-electron chi connectivity index (χ3n) is 3.13. The van der Waals surface area contributed by atoms with Crippen molar-refractivity contribution in [2.24, 2.45) is 5.92 Å². The van der Waals surface area contributed by atoms with Gasteiger partial charge in [-0.2, -0.15) is 0 Å². The molecule has 1 aromatic carbocycles. The molecule has 0 saturated carbocycles. The molecule has 1 aromatic rings. The normalized spacial score (nSPS) is 15.9. The Balaban J connectivity index is 2.25. The van der Waals surface area contributed by atoms with E-state index in [1.165, 1.54) is 36.2 Å². The highest BCUT2D eigenvalue weighted by Gasteiger charge is 2.12. The van der Waals surface area contributed by atoms with Gasteiger partial charge in [0, 0.05) is 19.3 Å². The maximum atomic E-state index is 2.36. The van der Waals surface area contributed by atoms with Crippen LogP contribution in [0.15, 0.2) is 24.3 Å². The molecule has 1 aliphatic heterocycles. The topological polar surface area (TPSA) is 3.24 Å². The second-order valence-corrected chi connectivity index (χ2v) is 5.02. The predicted octanol–water partition coefficient (Wildman–Crippen LogP) is 3.74. The lowest BCUT2D eigenvalue weighted by Crippen LogP contribution is -2.24. The van der Waals surface area contributed by atoms with Crippen LogP contribution in [-0.2, 0) is 6.42 Å². The molecule has 0 amide bonds. The van der Waals surface area contributed by atoms with Gasteiger partial charge in [-0.05, 0) is 42.0 Å². The van der Waals surface area contributed by atoms with Crippen LogP contribution in [0.3, 0.4) is 0 Å². The van der Waals surface area contributed by atoms with Crippen molar-refractivity contribution in [3.8, 4) is 0 Å². The van der Waals surface area contributed by atoms with Gasteiger partial charge in [0.25, 0.3) is 0 Å². The number of allylic oxidation sites excluding steroid dienone is 1. The first-order chi connectivity index (χ1) is 7.66. The zero-order valence-corrected chi connectivity index (χ0v) is 10.5. The number of hydrogen-bond donors (Lipinski definition) is 0. The Morgan fingerprint density at radius 2 is 2.12 bits per heavy atom. The molecular weight excluding hydrogens is 194 g/mol. The van der Waals surface area contributed by atoms with Crippen LogP contribution < -0.4 is 4.90 Å². The van der Waals surface area contributed by atoms with Gasteiger partial charge in [-0.15, -0.1) is 0 Å². The summed E-state index contributed by atoms with van der Waals surface area (Å²) < 4.78 is 0. The van der Waals surface area contributed by atoms with Crippen LogP contribution in [0.2, 0.25) is 0 Å². The molecule has 0 unspecified atom stereocenters. The van der Waals surface area contributed by atoms with Gasteiger partial charge in [-0.25, -0.2) is 0 Å². The van der Waals surface area contributed by atoms with Crippen molar-refractivity contribution in [1.29, 1.82) is 0 Å². The van der Waals surface area contributed by atoms with Crippen molar-refractivity contribution in [2.45, 2.75) is 26.7 Å². The molecule has 1 heterocycles. The van der Waals surface area contributed by atoms with Gasteiger partial charge in [0.15, 0.2) is 0 Å². The molecule has 1 nitrogen and oxygen atoms in total. The summed E-state index contributed by atoms with van der Waals surface area (Å²) in [6.45, 7) is 5.61. The monoisotopic (exact) mass is 215 g/mol. The molecule has 1 aliphatic rings. The van der Waals surface area contributed by atoms with E-state index in [1.807, 2.05) is 0 Å².